The zero-order valence-electron chi connectivity index (χ0n) is 24.3. The van der Waals surface area contributed by atoms with Gasteiger partial charge in [0.25, 0.3) is 0 Å². The third-order valence-corrected chi connectivity index (χ3v) is 9.70. The first-order chi connectivity index (χ1) is 21.9. The topological polar surface area (TPSA) is 235 Å². The minimum Gasteiger partial charge on any atom is -0.397 e. The molecule has 46 heavy (non-hydrogen) atoms. The number of nitrogens with two attached hydrogens (primary N) is 2. The summed E-state index contributed by atoms with van der Waals surface area (Å²) in [4.78, 5) is 0. The van der Waals surface area contributed by atoms with Crippen molar-refractivity contribution in [3.05, 3.63) is 53.2 Å². The summed E-state index contributed by atoms with van der Waals surface area (Å²) in [5.74, 6) is 1.49. The third kappa shape index (κ3) is 6.99. The Kier molecular flexibility index (Phi) is 11.1. The summed E-state index contributed by atoms with van der Waals surface area (Å²) in [5.41, 5.74) is 3.35. The van der Waals surface area contributed by atoms with Gasteiger partial charge in [-0.05, 0) is 25.0 Å². The zero-order valence-corrected chi connectivity index (χ0v) is 25.1. The van der Waals surface area contributed by atoms with Crippen molar-refractivity contribution in [2.45, 2.75) is 78.3 Å². The highest BCUT2D eigenvalue weighted by Gasteiger charge is 2.51. The van der Waals surface area contributed by atoms with E-state index in [1.165, 1.54) is 4.68 Å². The fraction of sp³-hybridized carbons (Fsp3) is 0.630. The third-order valence-electron chi connectivity index (χ3n) is 8.39. The van der Waals surface area contributed by atoms with Crippen molar-refractivity contribution < 1.29 is 58.0 Å². The highest BCUT2D eigenvalue weighted by Crippen LogP contribution is 2.40. The highest BCUT2D eigenvalue weighted by molar-refractivity contribution is 8.00. The van der Waals surface area contributed by atoms with E-state index in [1.807, 2.05) is 0 Å². The molecule has 0 amide bonds. The number of aliphatic hydroxyl groups is 6. The minimum atomic E-state index is -1.70. The van der Waals surface area contributed by atoms with E-state index in [1.54, 1.807) is 6.20 Å². The second-order valence-corrected chi connectivity index (χ2v) is 12.5. The lowest BCUT2D eigenvalue weighted by atomic mass is 9.96. The normalized spacial score (nSPS) is 34.5. The van der Waals surface area contributed by atoms with Crippen LogP contribution in [-0.4, -0.2) is 131 Å². The van der Waals surface area contributed by atoms with Crippen LogP contribution in [0.25, 0.3) is 5.70 Å². The summed E-state index contributed by atoms with van der Waals surface area (Å²) in [6.07, 6.45) is -4.70. The lowest BCUT2D eigenvalue weighted by molar-refractivity contribution is -0.191. The van der Waals surface area contributed by atoms with Gasteiger partial charge in [-0.2, -0.15) is 0 Å². The summed E-state index contributed by atoms with van der Waals surface area (Å²) >= 11 is 0.733. The van der Waals surface area contributed by atoms with Crippen molar-refractivity contribution in [2.24, 2.45) is 11.6 Å². The Morgan fingerprint density at radius 1 is 0.957 bits per heavy atom. The van der Waals surface area contributed by atoms with E-state index in [9.17, 15) is 43.8 Å². The summed E-state index contributed by atoms with van der Waals surface area (Å²) in [7, 11) is 0. The molecule has 3 aliphatic heterocycles. The van der Waals surface area contributed by atoms with Crippen LogP contribution >= 0.6 is 11.8 Å². The van der Waals surface area contributed by atoms with Gasteiger partial charge in [0.15, 0.2) is 17.5 Å². The van der Waals surface area contributed by atoms with E-state index in [0.717, 1.165) is 35.8 Å². The molecule has 4 heterocycles. The van der Waals surface area contributed by atoms with Crippen molar-refractivity contribution >= 4 is 17.5 Å². The van der Waals surface area contributed by atoms with Gasteiger partial charge in [0.05, 0.1) is 24.6 Å². The standard InChI is InChI=1S/C27H37F3N6O9S/c28-13-5-12(6-14(29)19(13)30)15(31)7-35(32)20-22(39)17(9-37)44-26(24(20)41)46-27-25(42)21(23(40)18(10-38)45-27)36-8-16(33-34-36)11-1-3-43-4-2-11/h5-8,11,17-18,20-27,37-42H,1-4,9-10,31-32H2/b15-7-. The largest absolute Gasteiger partial charge is 0.397 e. The van der Waals surface area contributed by atoms with E-state index in [4.69, 9.17) is 25.8 Å². The molecule has 1 aromatic heterocycles. The van der Waals surface area contributed by atoms with Crippen molar-refractivity contribution in [3.8, 4) is 0 Å². The van der Waals surface area contributed by atoms with Gasteiger partial charge in [0, 0.05) is 37.1 Å². The number of halogens is 3. The number of hydrazine groups is 1. The molecule has 256 valence electrons. The van der Waals surface area contributed by atoms with Crippen LogP contribution in [0.5, 0.6) is 0 Å². The average Bonchev–Trinajstić information content (AvgIpc) is 3.52. The number of thioether (sulfide) groups is 1. The van der Waals surface area contributed by atoms with Crippen molar-refractivity contribution in [2.75, 3.05) is 26.4 Å². The number of hydrogen-bond donors (Lipinski definition) is 8. The van der Waals surface area contributed by atoms with Gasteiger partial charge in [0.1, 0.15) is 59.6 Å². The van der Waals surface area contributed by atoms with Crippen LogP contribution in [0, 0.1) is 17.5 Å². The number of aliphatic hydroxyl groups excluding tert-OH is 6. The Morgan fingerprint density at radius 2 is 1.54 bits per heavy atom. The molecular weight excluding hydrogens is 641 g/mol. The zero-order chi connectivity index (χ0) is 33.3. The second-order valence-electron chi connectivity index (χ2n) is 11.3. The number of ether oxygens (including phenoxy) is 3. The van der Waals surface area contributed by atoms with Gasteiger partial charge in [-0.1, -0.05) is 17.0 Å². The molecule has 10 atom stereocenters. The molecule has 0 saturated carbocycles. The van der Waals surface area contributed by atoms with E-state index >= 15 is 0 Å². The Labute approximate surface area is 265 Å². The van der Waals surface area contributed by atoms with Gasteiger partial charge in [-0.3, -0.25) is 0 Å². The fourth-order valence-electron chi connectivity index (χ4n) is 5.82. The molecule has 19 heteroatoms. The molecule has 1 aromatic carbocycles. The molecule has 10 unspecified atom stereocenters. The SMILES string of the molecule is N/C(=C\N(N)C1C(O)C(CO)OC(SC2OC(CO)C(O)C(n3cc(C4CCOCC4)nn3)C2O)C1O)c1cc(F)c(F)c(F)c1. The number of benzene rings is 1. The van der Waals surface area contributed by atoms with E-state index in [-0.39, 0.29) is 17.2 Å². The van der Waals surface area contributed by atoms with Crippen molar-refractivity contribution in [3.63, 3.8) is 0 Å². The number of nitrogens with zero attached hydrogens (tertiary/aromatic N) is 4. The maximum Gasteiger partial charge on any atom is 0.194 e. The molecule has 10 N–H and O–H groups in total. The first kappa shape index (κ1) is 34.8. The van der Waals surface area contributed by atoms with Gasteiger partial charge in [-0.25, -0.2) is 23.7 Å². The molecule has 3 fully saturated rings. The maximum absolute atomic E-state index is 13.8. The molecule has 2 aromatic rings. The number of hydrogen-bond acceptors (Lipinski definition) is 15. The predicted molar refractivity (Wildman–Crippen MR) is 153 cm³/mol. The Hall–Kier alpha value is -2.56. The van der Waals surface area contributed by atoms with Crippen molar-refractivity contribution in [1.29, 1.82) is 0 Å². The molecule has 0 aliphatic carbocycles. The fourth-order valence-corrected chi connectivity index (χ4v) is 7.14. The van der Waals surface area contributed by atoms with Gasteiger partial charge < -0.3 is 55.6 Å². The molecular formula is C27H37F3N6O9S. The monoisotopic (exact) mass is 678 g/mol. The summed E-state index contributed by atoms with van der Waals surface area (Å²) in [6, 6.07) is -1.30. The molecule has 15 nitrogen and oxygen atoms in total. The second kappa shape index (κ2) is 14.7. The van der Waals surface area contributed by atoms with Crippen LogP contribution in [0.2, 0.25) is 0 Å². The molecule has 0 bridgehead atoms. The van der Waals surface area contributed by atoms with Crippen molar-refractivity contribution in [1.82, 2.24) is 20.0 Å². The molecule has 0 spiro atoms. The van der Waals surface area contributed by atoms with Gasteiger partial charge in [-0.15, -0.1) is 5.10 Å². The van der Waals surface area contributed by atoms with Gasteiger partial charge in [0.2, 0.25) is 0 Å². The maximum atomic E-state index is 13.8. The summed E-state index contributed by atoms with van der Waals surface area (Å²) in [6.45, 7) is -0.245. The number of rotatable bonds is 9. The highest BCUT2D eigenvalue weighted by atomic mass is 32.2. The molecule has 3 aliphatic rings. The minimum absolute atomic E-state index is 0.0726. The van der Waals surface area contributed by atoms with Crippen LogP contribution in [0.15, 0.2) is 24.5 Å². The van der Waals surface area contributed by atoms with Crippen LogP contribution < -0.4 is 11.6 Å². The quantitative estimate of drug-likeness (QED) is 0.0834. The van der Waals surface area contributed by atoms with Crippen LogP contribution in [-0.2, 0) is 14.2 Å². The first-order valence-corrected chi connectivity index (χ1v) is 15.4. The molecule has 5 rings (SSSR count). The Morgan fingerprint density at radius 3 is 2.15 bits per heavy atom. The van der Waals surface area contributed by atoms with Crippen LogP contribution in [0.4, 0.5) is 13.2 Å². The first-order valence-electron chi connectivity index (χ1n) is 14.5. The van der Waals surface area contributed by atoms with E-state index < -0.39 is 90.2 Å². The Balaban J connectivity index is 1.36. The lowest BCUT2D eigenvalue weighted by Gasteiger charge is -2.47. The van der Waals surface area contributed by atoms with Crippen LogP contribution in [0.1, 0.15) is 36.1 Å². The van der Waals surface area contributed by atoms with Crippen LogP contribution in [0.3, 0.4) is 0 Å². The number of aromatic nitrogens is 3. The lowest BCUT2D eigenvalue weighted by Crippen LogP contribution is -2.65. The Bertz CT molecular complexity index is 1350. The van der Waals surface area contributed by atoms with E-state index in [2.05, 4.69) is 10.3 Å². The summed E-state index contributed by atoms with van der Waals surface area (Å²) < 4.78 is 59.2. The van der Waals surface area contributed by atoms with Gasteiger partial charge >= 0.3 is 0 Å². The van der Waals surface area contributed by atoms with E-state index in [0.29, 0.717) is 31.0 Å². The molecule has 0 radical (unpaired) electrons. The predicted octanol–water partition coefficient (Wildman–Crippen LogP) is -1.76. The smallest absolute Gasteiger partial charge is 0.194 e. The summed E-state index contributed by atoms with van der Waals surface area (Å²) in [5, 5.41) is 73.5. The molecule has 3 saturated heterocycles. The average molecular weight is 679 g/mol.